The standard InChI is InChI=1S/C34H36N3O10P/c1-23-21-37(33(39)36-32(23)38)31-20-29(47-48(40,41)45-19-7-18-35)30(46-31)22-44-34(24-8-5-4-6-9-24,25-10-14-27(42-2)15-11-25)26-12-16-28(43-3)17-13-26/h4-6,8-17,21,29-31H,7,19-20,22H2,1-3H3,(H,40,41)(H,36,38,39)/p-1/t29-,30+,31+/m0/s1. The van der Waals surface area contributed by atoms with Gasteiger partial charge in [-0.1, -0.05) is 54.6 Å². The van der Waals surface area contributed by atoms with Gasteiger partial charge in [0, 0.05) is 12.6 Å². The molecule has 0 saturated carbocycles. The van der Waals surface area contributed by atoms with Crippen molar-refractivity contribution in [1.82, 2.24) is 9.55 Å². The summed E-state index contributed by atoms with van der Waals surface area (Å²) in [4.78, 5) is 26.8. The molecule has 1 aromatic heterocycles. The molecule has 252 valence electrons. The molecule has 1 fully saturated rings. The quantitative estimate of drug-likeness (QED) is 0.114. The van der Waals surface area contributed by atoms with Crippen molar-refractivity contribution in [3.63, 3.8) is 0 Å². The summed E-state index contributed by atoms with van der Waals surface area (Å²) < 4.78 is 48.7. The highest BCUT2D eigenvalue weighted by Gasteiger charge is 2.45. The van der Waals surface area contributed by atoms with Gasteiger partial charge in [0.1, 0.15) is 35.5 Å². The fourth-order valence-corrected chi connectivity index (χ4v) is 6.53. The third-order valence-corrected chi connectivity index (χ3v) is 9.00. The largest absolute Gasteiger partial charge is 0.858 e. The van der Waals surface area contributed by atoms with Crippen LogP contribution in [0.3, 0.4) is 0 Å². The predicted octanol–water partition coefficient (Wildman–Crippen LogP) is 4.35. The van der Waals surface area contributed by atoms with Gasteiger partial charge in [0.05, 0.1) is 39.9 Å². The van der Waals surface area contributed by atoms with E-state index in [1.807, 2.05) is 84.9 Å². The minimum atomic E-state index is -4.68. The number of nitrogens with zero attached hydrogens (tertiary/aromatic N) is 3. The number of methoxy groups -OCH3 is 2. The molecule has 0 radical (unpaired) electrons. The summed E-state index contributed by atoms with van der Waals surface area (Å²) in [5, 5.41) is 20.9. The number of phosphoric acid groups is 1. The SMILES string of the molecule is COc1ccc(C(OC[C@H]2O[C@@H](n3cc(C)c([O-])nc3=O)C[C@@H]2OP(=O)(O)OCCC#N)(c2ccccc2)c2ccc(OC)cc2)cc1. The highest BCUT2D eigenvalue weighted by molar-refractivity contribution is 7.47. The van der Waals surface area contributed by atoms with Crippen LogP contribution < -0.4 is 20.3 Å². The zero-order valence-electron chi connectivity index (χ0n) is 26.6. The van der Waals surface area contributed by atoms with Gasteiger partial charge in [-0.25, -0.2) is 14.3 Å². The Balaban J connectivity index is 1.57. The summed E-state index contributed by atoms with van der Waals surface area (Å²) in [7, 11) is -1.53. The molecule has 0 aliphatic carbocycles. The van der Waals surface area contributed by atoms with Gasteiger partial charge in [0.15, 0.2) is 0 Å². The Kier molecular flexibility index (Phi) is 11.0. The number of hydrogen-bond donors (Lipinski definition) is 1. The third kappa shape index (κ3) is 7.61. The van der Waals surface area contributed by atoms with E-state index < -0.39 is 43.4 Å². The first-order valence-corrected chi connectivity index (χ1v) is 16.5. The molecule has 4 atom stereocenters. The lowest BCUT2D eigenvalue weighted by Gasteiger charge is -2.37. The van der Waals surface area contributed by atoms with Crippen LogP contribution in [-0.4, -0.2) is 54.1 Å². The maximum atomic E-state index is 12.9. The van der Waals surface area contributed by atoms with E-state index in [1.165, 1.54) is 13.1 Å². The van der Waals surface area contributed by atoms with E-state index in [2.05, 4.69) is 4.98 Å². The molecule has 0 bridgehead atoms. The van der Waals surface area contributed by atoms with Crippen LogP contribution in [0.5, 0.6) is 17.4 Å². The van der Waals surface area contributed by atoms with Crippen molar-refractivity contribution in [2.75, 3.05) is 27.4 Å². The third-order valence-electron chi connectivity index (χ3n) is 7.95. The number of aromatic nitrogens is 2. The second kappa shape index (κ2) is 15.1. The van der Waals surface area contributed by atoms with Gasteiger partial charge >= 0.3 is 13.5 Å². The van der Waals surface area contributed by atoms with E-state index in [0.717, 1.165) is 21.3 Å². The van der Waals surface area contributed by atoms with Gasteiger partial charge in [-0.15, -0.1) is 0 Å². The van der Waals surface area contributed by atoms with Gasteiger partial charge < -0.3 is 28.9 Å². The number of benzene rings is 3. The number of hydrogen-bond acceptors (Lipinski definition) is 11. The fourth-order valence-electron chi connectivity index (χ4n) is 5.58. The zero-order chi connectivity index (χ0) is 34.3. The van der Waals surface area contributed by atoms with E-state index in [0.29, 0.717) is 11.5 Å². The molecule has 1 N–H and O–H groups in total. The molecule has 1 aliphatic heterocycles. The molecule has 5 rings (SSSR count). The number of nitriles is 1. The highest BCUT2D eigenvalue weighted by Crippen LogP contribution is 2.49. The number of ether oxygens (including phenoxy) is 4. The molecule has 48 heavy (non-hydrogen) atoms. The van der Waals surface area contributed by atoms with Crippen LogP contribution in [0.15, 0.2) is 89.9 Å². The summed E-state index contributed by atoms with van der Waals surface area (Å²) >= 11 is 0. The Hall–Kier alpha value is -4.54. The maximum Gasteiger partial charge on any atom is 0.472 e. The van der Waals surface area contributed by atoms with Crippen LogP contribution in [0.4, 0.5) is 0 Å². The van der Waals surface area contributed by atoms with E-state index >= 15 is 0 Å². The summed E-state index contributed by atoms with van der Waals surface area (Å²) in [6, 6.07) is 26.1. The minimum Gasteiger partial charge on any atom is -0.858 e. The highest BCUT2D eigenvalue weighted by atomic mass is 31.2. The average Bonchev–Trinajstić information content (AvgIpc) is 3.48. The molecular weight excluding hydrogens is 641 g/mol. The van der Waals surface area contributed by atoms with E-state index in [4.69, 9.17) is 33.3 Å². The first-order valence-electron chi connectivity index (χ1n) is 15.0. The van der Waals surface area contributed by atoms with Crippen LogP contribution in [0.25, 0.3) is 0 Å². The lowest BCUT2D eigenvalue weighted by atomic mass is 9.80. The van der Waals surface area contributed by atoms with Crippen molar-refractivity contribution in [2.45, 2.75) is 43.8 Å². The van der Waals surface area contributed by atoms with Crippen molar-refractivity contribution in [3.05, 3.63) is 118 Å². The van der Waals surface area contributed by atoms with Crippen LogP contribution in [0, 0.1) is 18.3 Å². The average molecular weight is 677 g/mol. The molecular formula is C34H35N3O10P-. The smallest absolute Gasteiger partial charge is 0.472 e. The van der Waals surface area contributed by atoms with Gasteiger partial charge in [-0.3, -0.25) is 13.6 Å². The molecule has 0 amide bonds. The Labute approximate surface area is 277 Å². The lowest BCUT2D eigenvalue weighted by Crippen LogP contribution is -2.38. The van der Waals surface area contributed by atoms with Gasteiger partial charge in [-0.05, 0) is 59.3 Å². The number of rotatable bonds is 14. The first-order chi connectivity index (χ1) is 23.1. The Morgan fingerprint density at radius 3 is 2.17 bits per heavy atom. The van der Waals surface area contributed by atoms with Crippen molar-refractivity contribution in [1.29, 1.82) is 5.26 Å². The molecule has 14 heteroatoms. The van der Waals surface area contributed by atoms with Crippen molar-refractivity contribution < 1.29 is 42.6 Å². The second-order valence-electron chi connectivity index (χ2n) is 11.0. The molecule has 2 heterocycles. The molecule has 3 aromatic carbocycles. The topological polar surface area (TPSA) is 174 Å². The summed E-state index contributed by atoms with van der Waals surface area (Å²) in [5.74, 6) is 0.609. The Morgan fingerprint density at radius 2 is 1.60 bits per heavy atom. The van der Waals surface area contributed by atoms with E-state index in [1.54, 1.807) is 14.2 Å². The second-order valence-corrected chi connectivity index (χ2v) is 12.4. The summed E-state index contributed by atoms with van der Waals surface area (Å²) in [6.07, 6.45) is -2.04. The first kappa shape index (κ1) is 34.8. The maximum absolute atomic E-state index is 12.9. The van der Waals surface area contributed by atoms with Crippen molar-refractivity contribution in [3.8, 4) is 23.4 Å². The Bertz CT molecular complexity index is 1780. The normalized spacial score (nSPS) is 18.9. The predicted molar refractivity (Wildman–Crippen MR) is 170 cm³/mol. The van der Waals surface area contributed by atoms with E-state index in [-0.39, 0.29) is 31.6 Å². The minimum absolute atomic E-state index is 0.0805. The number of aryl methyl sites for hydroxylation is 1. The van der Waals surface area contributed by atoms with Crippen LogP contribution in [-0.2, 0) is 28.7 Å². The van der Waals surface area contributed by atoms with Crippen LogP contribution in [0.2, 0.25) is 0 Å². The molecule has 13 nitrogen and oxygen atoms in total. The molecule has 4 aromatic rings. The van der Waals surface area contributed by atoms with Crippen LogP contribution in [0.1, 0.15) is 41.3 Å². The molecule has 1 aliphatic rings. The van der Waals surface area contributed by atoms with E-state index in [9.17, 15) is 19.4 Å². The Morgan fingerprint density at radius 1 is 1.02 bits per heavy atom. The summed E-state index contributed by atoms with van der Waals surface area (Å²) in [6.45, 7) is 0.979. The van der Waals surface area contributed by atoms with Crippen molar-refractivity contribution in [2.24, 2.45) is 0 Å². The number of phosphoric ester groups is 1. The van der Waals surface area contributed by atoms with Crippen molar-refractivity contribution >= 4 is 7.82 Å². The monoisotopic (exact) mass is 676 g/mol. The van der Waals surface area contributed by atoms with Crippen LogP contribution >= 0.6 is 7.82 Å². The molecule has 0 spiro atoms. The van der Waals surface area contributed by atoms with Gasteiger partial charge in [-0.2, -0.15) is 5.26 Å². The molecule has 1 saturated heterocycles. The summed E-state index contributed by atoms with van der Waals surface area (Å²) in [5.41, 5.74) is 0.357. The molecule has 1 unspecified atom stereocenters. The lowest BCUT2D eigenvalue weighted by molar-refractivity contribution is -0.276. The zero-order valence-corrected chi connectivity index (χ0v) is 27.4. The van der Waals surface area contributed by atoms with Gasteiger partial charge in [0.25, 0.3) is 0 Å². The van der Waals surface area contributed by atoms with Gasteiger partial charge in [0.2, 0.25) is 0 Å². The fraction of sp³-hybridized carbons (Fsp3) is 0.324.